The average molecular weight is 414 g/mol. The molecule has 2 aromatic carbocycles. The molecule has 132 valence electrons. The van der Waals surface area contributed by atoms with Gasteiger partial charge in [-0.2, -0.15) is 5.26 Å². The molecule has 0 atom stereocenters. The van der Waals surface area contributed by atoms with E-state index in [0.717, 1.165) is 16.5 Å². The van der Waals surface area contributed by atoms with Gasteiger partial charge in [0, 0.05) is 22.9 Å². The molecule has 0 aliphatic carbocycles. The van der Waals surface area contributed by atoms with Crippen molar-refractivity contribution in [3.05, 3.63) is 75.9 Å². The minimum atomic E-state index is -1.05. The quantitative estimate of drug-likeness (QED) is 0.367. The van der Waals surface area contributed by atoms with Gasteiger partial charge < -0.3 is 15.7 Å². The predicted octanol–water partition coefficient (Wildman–Crippen LogP) is 3.33. The lowest BCUT2D eigenvalue weighted by Crippen LogP contribution is -2.18. The molecule has 2 rings (SSSR count). The predicted molar refractivity (Wildman–Crippen MR) is 102 cm³/mol. The van der Waals surface area contributed by atoms with Crippen LogP contribution in [0.3, 0.4) is 0 Å². The molecule has 3 N–H and O–H groups in total. The Morgan fingerprint density at radius 1 is 1.19 bits per heavy atom. The molecule has 26 heavy (non-hydrogen) atoms. The van der Waals surface area contributed by atoms with Gasteiger partial charge in [-0.15, -0.1) is 0 Å². The van der Waals surface area contributed by atoms with Gasteiger partial charge in [-0.25, -0.2) is 4.79 Å². The first-order valence-corrected chi connectivity index (χ1v) is 8.51. The van der Waals surface area contributed by atoms with Gasteiger partial charge in [-0.1, -0.05) is 28.1 Å². The lowest BCUT2D eigenvalue weighted by molar-refractivity contribution is -0.112. The van der Waals surface area contributed by atoms with Gasteiger partial charge in [0.2, 0.25) is 0 Å². The number of hydrogen-bond acceptors (Lipinski definition) is 4. The molecule has 0 aliphatic heterocycles. The van der Waals surface area contributed by atoms with Crippen LogP contribution in [0.15, 0.2) is 64.8 Å². The zero-order valence-electron chi connectivity index (χ0n) is 13.7. The Kier molecular flexibility index (Phi) is 6.94. The van der Waals surface area contributed by atoms with Gasteiger partial charge in [0.15, 0.2) is 0 Å². The molecule has 7 heteroatoms. The summed E-state index contributed by atoms with van der Waals surface area (Å²) >= 11 is 3.41. The largest absolute Gasteiger partial charge is 0.478 e. The number of anilines is 1. The third-order valence-electron chi connectivity index (χ3n) is 3.45. The summed E-state index contributed by atoms with van der Waals surface area (Å²) in [5.41, 5.74) is 1.59. The van der Waals surface area contributed by atoms with Gasteiger partial charge >= 0.3 is 5.97 Å². The van der Waals surface area contributed by atoms with Gasteiger partial charge in [-0.05, 0) is 48.4 Å². The van der Waals surface area contributed by atoms with Crippen molar-refractivity contribution in [1.29, 1.82) is 5.26 Å². The zero-order chi connectivity index (χ0) is 18.9. The molecule has 0 radical (unpaired) electrons. The molecule has 0 heterocycles. The van der Waals surface area contributed by atoms with Crippen LogP contribution in [0.2, 0.25) is 0 Å². The van der Waals surface area contributed by atoms with Crippen molar-refractivity contribution < 1.29 is 14.7 Å². The number of carbonyl (C=O) groups is 2. The summed E-state index contributed by atoms with van der Waals surface area (Å²) in [6.07, 6.45) is 2.12. The number of halogens is 1. The first-order chi connectivity index (χ1) is 12.5. The average Bonchev–Trinajstić information content (AvgIpc) is 2.62. The standard InChI is InChI=1S/C19H16BrN3O3/c20-16-3-1-2-13(10-16)8-9-22-12-15(11-21)18(24)23-17-6-4-14(5-7-17)19(25)26/h1-7,10,12,22H,8-9H2,(H,23,24)(H,25,26)/b15-12-. The van der Waals surface area contributed by atoms with Crippen LogP contribution in [0.25, 0.3) is 0 Å². The molecular weight excluding hydrogens is 398 g/mol. The van der Waals surface area contributed by atoms with Crippen LogP contribution in [0, 0.1) is 11.3 Å². The monoisotopic (exact) mass is 413 g/mol. The smallest absolute Gasteiger partial charge is 0.335 e. The van der Waals surface area contributed by atoms with Crippen LogP contribution >= 0.6 is 15.9 Å². The molecule has 1 amide bonds. The highest BCUT2D eigenvalue weighted by Gasteiger charge is 2.10. The fourth-order valence-corrected chi connectivity index (χ4v) is 2.57. The van der Waals surface area contributed by atoms with Crippen LogP contribution in [0.5, 0.6) is 0 Å². The van der Waals surface area contributed by atoms with Crippen LogP contribution in [-0.4, -0.2) is 23.5 Å². The van der Waals surface area contributed by atoms with E-state index in [0.29, 0.717) is 12.2 Å². The number of carboxylic acid groups (broad SMARTS) is 1. The molecule has 0 fully saturated rings. The zero-order valence-corrected chi connectivity index (χ0v) is 15.3. The fourth-order valence-electron chi connectivity index (χ4n) is 2.13. The molecule has 0 unspecified atom stereocenters. The molecule has 0 bridgehead atoms. The summed E-state index contributed by atoms with van der Waals surface area (Å²) in [7, 11) is 0. The first kappa shape index (κ1) is 19.2. The summed E-state index contributed by atoms with van der Waals surface area (Å²) in [5.74, 6) is -1.61. The topological polar surface area (TPSA) is 102 Å². The number of carboxylic acids is 1. The number of nitriles is 1. The van der Waals surface area contributed by atoms with Crippen molar-refractivity contribution in [1.82, 2.24) is 5.32 Å². The van der Waals surface area contributed by atoms with E-state index < -0.39 is 11.9 Å². The van der Waals surface area contributed by atoms with Crippen molar-refractivity contribution in [2.75, 3.05) is 11.9 Å². The number of carbonyl (C=O) groups excluding carboxylic acids is 1. The highest BCUT2D eigenvalue weighted by Crippen LogP contribution is 2.12. The molecule has 0 saturated carbocycles. The number of rotatable bonds is 7. The first-order valence-electron chi connectivity index (χ1n) is 7.72. The molecule has 0 spiro atoms. The van der Waals surface area contributed by atoms with Crippen LogP contribution in [0.4, 0.5) is 5.69 Å². The molecule has 2 aromatic rings. The van der Waals surface area contributed by atoms with Gasteiger partial charge in [-0.3, -0.25) is 4.79 Å². The highest BCUT2D eigenvalue weighted by molar-refractivity contribution is 9.10. The Morgan fingerprint density at radius 2 is 1.92 bits per heavy atom. The SMILES string of the molecule is N#C/C(=C/NCCc1cccc(Br)c1)C(=O)Nc1ccc(C(=O)O)cc1. The summed E-state index contributed by atoms with van der Waals surface area (Å²) in [6, 6.07) is 15.4. The van der Waals surface area contributed by atoms with Crippen molar-refractivity contribution in [3.63, 3.8) is 0 Å². The molecule has 6 nitrogen and oxygen atoms in total. The number of amides is 1. The fraction of sp³-hybridized carbons (Fsp3) is 0.105. The number of hydrogen-bond donors (Lipinski definition) is 3. The van der Waals surface area contributed by atoms with Crippen LogP contribution in [-0.2, 0) is 11.2 Å². The van der Waals surface area contributed by atoms with E-state index in [1.807, 2.05) is 30.3 Å². The Morgan fingerprint density at radius 3 is 2.54 bits per heavy atom. The summed E-state index contributed by atoms with van der Waals surface area (Å²) in [5, 5.41) is 23.5. The van der Waals surface area contributed by atoms with Crippen molar-refractivity contribution in [2.24, 2.45) is 0 Å². The van der Waals surface area contributed by atoms with Crippen LogP contribution in [0.1, 0.15) is 15.9 Å². The summed E-state index contributed by atoms with van der Waals surface area (Å²) < 4.78 is 0.997. The van der Waals surface area contributed by atoms with Crippen molar-refractivity contribution >= 4 is 33.5 Å². The Balaban J connectivity index is 1.90. The van der Waals surface area contributed by atoms with E-state index >= 15 is 0 Å². The normalized spacial score (nSPS) is 10.7. The Bertz CT molecular complexity index is 870. The minimum absolute atomic E-state index is 0.0680. The lowest BCUT2D eigenvalue weighted by Gasteiger charge is -2.06. The van der Waals surface area contributed by atoms with E-state index in [4.69, 9.17) is 10.4 Å². The highest BCUT2D eigenvalue weighted by atomic mass is 79.9. The van der Waals surface area contributed by atoms with E-state index in [1.165, 1.54) is 30.5 Å². The van der Waals surface area contributed by atoms with Crippen molar-refractivity contribution in [2.45, 2.75) is 6.42 Å². The second-order valence-electron chi connectivity index (χ2n) is 5.34. The second-order valence-corrected chi connectivity index (χ2v) is 6.26. The Hall–Kier alpha value is -3.11. The minimum Gasteiger partial charge on any atom is -0.478 e. The van der Waals surface area contributed by atoms with Crippen molar-refractivity contribution in [3.8, 4) is 6.07 Å². The number of nitrogens with zero attached hydrogens (tertiary/aromatic N) is 1. The molecule has 0 aliphatic rings. The molecule has 0 aromatic heterocycles. The van der Waals surface area contributed by atoms with E-state index in [-0.39, 0.29) is 11.1 Å². The third-order valence-corrected chi connectivity index (χ3v) is 3.94. The summed E-state index contributed by atoms with van der Waals surface area (Å²) in [4.78, 5) is 22.9. The Labute approximate surface area is 159 Å². The van der Waals surface area contributed by atoms with Crippen LogP contribution < -0.4 is 10.6 Å². The van der Waals surface area contributed by atoms with Gasteiger partial charge in [0.05, 0.1) is 5.56 Å². The van der Waals surface area contributed by atoms with Gasteiger partial charge in [0.1, 0.15) is 11.6 Å². The third kappa shape index (κ3) is 5.76. The summed E-state index contributed by atoms with van der Waals surface area (Å²) in [6.45, 7) is 0.572. The lowest BCUT2D eigenvalue weighted by atomic mass is 10.1. The maximum Gasteiger partial charge on any atom is 0.335 e. The molecule has 0 saturated heterocycles. The number of nitrogens with one attached hydrogen (secondary N) is 2. The van der Waals surface area contributed by atoms with E-state index in [1.54, 1.807) is 0 Å². The second kappa shape index (κ2) is 9.39. The molecular formula is C19H16BrN3O3. The van der Waals surface area contributed by atoms with Gasteiger partial charge in [0.25, 0.3) is 5.91 Å². The maximum absolute atomic E-state index is 12.1. The number of benzene rings is 2. The maximum atomic E-state index is 12.1. The number of aromatic carboxylic acids is 1. The van der Waals surface area contributed by atoms with E-state index in [9.17, 15) is 9.59 Å². The van der Waals surface area contributed by atoms with E-state index in [2.05, 4.69) is 26.6 Å².